The molecule has 0 aliphatic carbocycles. The molecule has 0 bridgehead atoms. The summed E-state index contributed by atoms with van der Waals surface area (Å²) in [6.45, 7) is 5.55. The van der Waals surface area contributed by atoms with Crippen LogP contribution >= 0.6 is 0 Å². The molecule has 0 spiro atoms. The lowest BCUT2D eigenvalue weighted by atomic mass is 10.0. The Morgan fingerprint density at radius 2 is 1.96 bits per heavy atom. The normalized spacial score (nSPS) is 20.7. The Morgan fingerprint density at radius 3 is 2.64 bits per heavy atom. The smallest absolute Gasteiger partial charge is 0.317 e. The van der Waals surface area contributed by atoms with E-state index in [9.17, 15) is 4.79 Å². The van der Waals surface area contributed by atoms with Crippen molar-refractivity contribution in [3.8, 4) is 11.4 Å². The van der Waals surface area contributed by atoms with Gasteiger partial charge in [0.1, 0.15) is 0 Å². The molecule has 1 aromatic heterocycles. The van der Waals surface area contributed by atoms with Crippen LogP contribution in [0.1, 0.15) is 31.7 Å². The average Bonchev–Trinajstić information content (AvgIpc) is 3.31. The van der Waals surface area contributed by atoms with Crippen LogP contribution in [0.25, 0.3) is 11.4 Å². The number of aromatic nitrogens is 2. The van der Waals surface area contributed by atoms with Gasteiger partial charge in [0.2, 0.25) is 11.7 Å². The zero-order valence-electron chi connectivity index (χ0n) is 14.4. The number of urea groups is 1. The van der Waals surface area contributed by atoms with Crippen LogP contribution in [0.4, 0.5) is 4.79 Å². The number of piperidine rings is 1. The van der Waals surface area contributed by atoms with Gasteiger partial charge >= 0.3 is 6.03 Å². The molecule has 1 atom stereocenters. The third-order valence-corrected chi connectivity index (χ3v) is 5.21. The molecule has 0 saturated carbocycles. The topological polar surface area (TPSA) is 74.5 Å². The van der Waals surface area contributed by atoms with Gasteiger partial charge in [0, 0.05) is 37.8 Å². The van der Waals surface area contributed by atoms with Crippen molar-refractivity contribution < 1.29 is 9.32 Å². The Labute approximate surface area is 147 Å². The first kappa shape index (κ1) is 16.1. The number of benzene rings is 1. The van der Waals surface area contributed by atoms with Crippen molar-refractivity contribution in [1.29, 1.82) is 0 Å². The molecule has 25 heavy (non-hydrogen) atoms. The Kier molecular flexibility index (Phi) is 4.40. The van der Waals surface area contributed by atoms with E-state index in [1.165, 1.54) is 0 Å². The second kappa shape index (κ2) is 6.84. The summed E-state index contributed by atoms with van der Waals surface area (Å²) in [6, 6.07) is 10.4. The first-order chi connectivity index (χ1) is 12.2. The highest BCUT2D eigenvalue weighted by Gasteiger charge is 2.33. The van der Waals surface area contributed by atoms with Crippen LogP contribution in [-0.2, 0) is 0 Å². The zero-order chi connectivity index (χ0) is 17.2. The van der Waals surface area contributed by atoms with Crippen LogP contribution < -0.4 is 5.32 Å². The second-order valence-electron chi connectivity index (χ2n) is 6.69. The summed E-state index contributed by atoms with van der Waals surface area (Å²) in [4.78, 5) is 20.7. The lowest BCUT2D eigenvalue weighted by Crippen LogP contribution is -2.46. The first-order valence-corrected chi connectivity index (χ1v) is 8.90. The molecule has 2 aliphatic rings. The summed E-state index contributed by atoms with van der Waals surface area (Å²) in [6.07, 6.45) is 1.97. The molecule has 3 heterocycles. The fourth-order valence-electron chi connectivity index (χ4n) is 3.69. The largest absolute Gasteiger partial charge is 0.337 e. The van der Waals surface area contributed by atoms with Gasteiger partial charge < -0.3 is 14.7 Å². The van der Waals surface area contributed by atoms with E-state index in [-0.39, 0.29) is 12.1 Å². The zero-order valence-corrected chi connectivity index (χ0v) is 14.4. The molecule has 2 aliphatic heterocycles. The third-order valence-electron chi connectivity index (χ3n) is 5.21. The number of carbonyl (C=O) groups excluding carboxylic acids is 1. The molecule has 2 fully saturated rings. The quantitative estimate of drug-likeness (QED) is 0.923. The highest BCUT2D eigenvalue weighted by atomic mass is 16.5. The van der Waals surface area contributed by atoms with E-state index in [1.807, 2.05) is 35.2 Å². The molecule has 1 N–H and O–H groups in total. The van der Waals surface area contributed by atoms with Crippen molar-refractivity contribution >= 4 is 6.03 Å². The third kappa shape index (κ3) is 3.24. The van der Waals surface area contributed by atoms with Crippen LogP contribution in [0.2, 0.25) is 0 Å². The van der Waals surface area contributed by atoms with E-state index in [2.05, 4.69) is 27.3 Å². The van der Waals surface area contributed by atoms with Crippen molar-refractivity contribution in [3.63, 3.8) is 0 Å². The Balaban J connectivity index is 1.38. The summed E-state index contributed by atoms with van der Waals surface area (Å²) in [5.41, 5.74) is 0.962. The van der Waals surface area contributed by atoms with Crippen LogP contribution in [0.5, 0.6) is 0 Å². The highest BCUT2D eigenvalue weighted by molar-refractivity contribution is 5.76. The molecule has 132 valence electrons. The summed E-state index contributed by atoms with van der Waals surface area (Å²) in [7, 11) is 0. The molecule has 0 radical (unpaired) electrons. The molecule has 0 unspecified atom stereocenters. The van der Waals surface area contributed by atoms with Gasteiger partial charge in [-0.2, -0.15) is 4.98 Å². The van der Waals surface area contributed by atoms with E-state index in [1.54, 1.807) is 0 Å². The van der Waals surface area contributed by atoms with Crippen molar-refractivity contribution in [2.75, 3.05) is 26.2 Å². The van der Waals surface area contributed by atoms with Gasteiger partial charge in [0.05, 0.1) is 6.04 Å². The van der Waals surface area contributed by atoms with Gasteiger partial charge in [-0.1, -0.05) is 35.5 Å². The van der Waals surface area contributed by atoms with Crippen LogP contribution in [0.3, 0.4) is 0 Å². The number of hydrogen-bond donors (Lipinski definition) is 1. The van der Waals surface area contributed by atoms with Gasteiger partial charge in [0.15, 0.2) is 0 Å². The number of nitrogens with zero attached hydrogens (tertiary/aromatic N) is 4. The predicted molar refractivity (Wildman–Crippen MR) is 92.8 cm³/mol. The molecule has 2 saturated heterocycles. The number of likely N-dealkylation sites (tertiary alicyclic amines) is 1. The van der Waals surface area contributed by atoms with E-state index in [0.29, 0.717) is 17.8 Å². The highest BCUT2D eigenvalue weighted by Crippen LogP contribution is 2.27. The maximum Gasteiger partial charge on any atom is 0.317 e. The van der Waals surface area contributed by atoms with Crippen molar-refractivity contribution in [3.05, 3.63) is 36.2 Å². The first-order valence-electron chi connectivity index (χ1n) is 8.90. The van der Waals surface area contributed by atoms with Gasteiger partial charge in [-0.15, -0.1) is 0 Å². The van der Waals surface area contributed by atoms with E-state index in [0.717, 1.165) is 44.6 Å². The maximum atomic E-state index is 11.8. The molecular weight excluding hydrogens is 318 g/mol. The summed E-state index contributed by atoms with van der Waals surface area (Å²) in [5.74, 6) is 1.28. The molecule has 1 aromatic carbocycles. The number of carbonyl (C=O) groups is 1. The fraction of sp³-hybridized carbons (Fsp3) is 0.500. The average molecular weight is 341 g/mol. The second-order valence-corrected chi connectivity index (χ2v) is 6.69. The Morgan fingerprint density at radius 1 is 1.20 bits per heavy atom. The van der Waals surface area contributed by atoms with Gasteiger partial charge in [0.25, 0.3) is 0 Å². The van der Waals surface area contributed by atoms with Crippen LogP contribution in [0.15, 0.2) is 34.9 Å². The van der Waals surface area contributed by atoms with E-state index < -0.39 is 0 Å². The van der Waals surface area contributed by atoms with E-state index in [4.69, 9.17) is 4.52 Å². The lowest BCUT2D eigenvalue weighted by Gasteiger charge is -2.37. The van der Waals surface area contributed by atoms with Crippen molar-refractivity contribution in [2.24, 2.45) is 0 Å². The summed E-state index contributed by atoms with van der Waals surface area (Å²) >= 11 is 0. The minimum atomic E-state index is 0.0795. The molecule has 2 amide bonds. The fourth-order valence-corrected chi connectivity index (χ4v) is 3.69. The van der Waals surface area contributed by atoms with Crippen LogP contribution in [-0.4, -0.2) is 58.2 Å². The number of hydrogen-bond acceptors (Lipinski definition) is 5. The molecular formula is C18H23N5O2. The number of amides is 2. The number of rotatable bonds is 4. The minimum absolute atomic E-state index is 0.0795. The van der Waals surface area contributed by atoms with Gasteiger partial charge in [-0.25, -0.2) is 4.79 Å². The monoisotopic (exact) mass is 341 g/mol. The van der Waals surface area contributed by atoms with Crippen LogP contribution in [0, 0.1) is 0 Å². The SMILES string of the molecule is C[C@@H](c1nc(-c2ccccc2)no1)N1CCC(N2CCNC2=O)CC1. The summed E-state index contributed by atoms with van der Waals surface area (Å²) < 4.78 is 5.50. The Bertz CT molecular complexity index is 724. The van der Waals surface area contributed by atoms with Gasteiger partial charge in [-0.3, -0.25) is 4.90 Å². The predicted octanol–water partition coefficient (Wildman–Crippen LogP) is 2.29. The number of nitrogens with one attached hydrogen (secondary N) is 1. The van der Waals surface area contributed by atoms with Gasteiger partial charge in [-0.05, 0) is 19.8 Å². The van der Waals surface area contributed by atoms with Crippen molar-refractivity contribution in [1.82, 2.24) is 25.3 Å². The minimum Gasteiger partial charge on any atom is -0.337 e. The molecule has 2 aromatic rings. The molecule has 4 rings (SSSR count). The molecule has 7 nitrogen and oxygen atoms in total. The molecule has 7 heteroatoms. The van der Waals surface area contributed by atoms with Crippen molar-refractivity contribution in [2.45, 2.75) is 31.8 Å². The maximum absolute atomic E-state index is 11.8. The summed E-state index contributed by atoms with van der Waals surface area (Å²) in [5, 5.41) is 7.00. The van der Waals surface area contributed by atoms with E-state index >= 15 is 0 Å². The standard InChI is InChI=1S/C18H23N5O2/c1-13(17-20-16(21-25-17)14-5-3-2-4-6-14)22-10-7-15(8-11-22)23-12-9-19-18(23)24/h2-6,13,15H,7-12H2,1H3,(H,19,24)/t13-/m0/s1. The lowest BCUT2D eigenvalue weighted by molar-refractivity contribution is 0.0981. The Hall–Kier alpha value is -2.41.